The molecule has 1 aliphatic rings. The van der Waals surface area contributed by atoms with Crippen molar-refractivity contribution in [3.05, 3.63) is 146 Å². The molecule has 0 atom stereocenters. The van der Waals surface area contributed by atoms with Crippen molar-refractivity contribution >= 4 is 37.1 Å². The van der Waals surface area contributed by atoms with Crippen LogP contribution in [0.15, 0.2) is 146 Å². The molecule has 55 heavy (non-hydrogen) atoms. The standard InChI is InChI=1S/C29H30P2.C8H12.3ClHO4.Rh/c1-6-16-26(17-7-1)30(27-18-8-2-9-19-27)24-14-5-15-25-31(28-20-10-3-11-21-28)29-22-12-4-13-23-29;1-2-4-6-8-7-5-3-1;3*2-1(3,4)5;/h1-4,6-13,16-23H,5,14-15,24-25H2;1-2,7-8H,3-6H2;3*(H,2,3,4,5);/q;;;;;+3/p-3/b;2-1-,8-7?;;;;. The Labute approximate surface area is 344 Å². The van der Waals surface area contributed by atoms with Gasteiger partial charge >= 0.3 is 19.5 Å². The van der Waals surface area contributed by atoms with Crippen LogP contribution < -0.4 is 77.1 Å². The van der Waals surface area contributed by atoms with Crippen molar-refractivity contribution in [2.24, 2.45) is 0 Å². The average Bonchev–Trinajstić information content (AvgIpc) is 3.07. The molecule has 12 nitrogen and oxygen atoms in total. The maximum atomic E-state index is 8.49. The van der Waals surface area contributed by atoms with Gasteiger partial charge in [-0.3, -0.25) is 0 Å². The largest absolute Gasteiger partial charge is 3.00 e. The summed E-state index contributed by atoms with van der Waals surface area (Å²) >= 11 is 0. The van der Waals surface area contributed by atoms with Crippen LogP contribution in [0, 0.1) is 30.7 Å². The van der Waals surface area contributed by atoms with Crippen LogP contribution in [0.1, 0.15) is 44.9 Å². The van der Waals surface area contributed by atoms with Gasteiger partial charge in [-0.15, -0.1) is 30.7 Å². The van der Waals surface area contributed by atoms with Gasteiger partial charge < -0.3 is 0 Å². The first-order chi connectivity index (χ1) is 25.4. The molecule has 0 fully saturated rings. The Bertz CT molecular complexity index is 1310. The molecule has 0 saturated heterocycles. The Kier molecular flexibility index (Phi) is 29.4. The third-order valence-electron chi connectivity index (χ3n) is 6.87. The van der Waals surface area contributed by atoms with Gasteiger partial charge in [-0.25, -0.2) is 55.9 Å². The fourth-order valence-corrected chi connectivity index (χ4v) is 9.66. The van der Waals surface area contributed by atoms with Crippen molar-refractivity contribution in [3.63, 3.8) is 0 Å². The third-order valence-corrected chi connectivity index (χ3v) is 12.1. The number of hydrogen-bond donors (Lipinski definition) is 0. The summed E-state index contributed by atoms with van der Waals surface area (Å²) in [5, 5.41) is 6.00. The van der Waals surface area contributed by atoms with Crippen LogP contribution in [-0.2, 0) is 19.5 Å². The Hall–Kier alpha value is -1.77. The molecule has 0 aliphatic heterocycles. The van der Waals surface area contributed by atoms with Crippen LogP contribution in [0.2, 0.25) is 0 Å². The van der Waals surface area contributed by atoms with E-state index in [4.69, 9.17) is 55.9 Å². The predicted octanol–water partition coefficient (Wildman–Crippen LogP) is -5.18. The van der Waals surface area contributed by atoms with E-state index in [1.807, 2.05) is 0 Å². The molecule has 0 heterocycles. The van der Waals surface area contributed by atoms with Crippen LogP contribution in [0.3, 0.4) is 0 Å². The quantitative estimate of drug-likeness (QED) is 0.0625. The predicted molar refractivity (Wildman–Crippen MR) is 178 cm³/mol. The van der Waals surface area contributed by atoms with Gasteiger partial charge in [0.1, 0.15) is 0 Å². The molecule has 4 aromatic rings. The first kappa shape index (κ1) is 53.2. The zero-order chi connectivity index (χ0) is 40.3. The number of halogens is 3. The van der Waals surface area contributed by atoms with Crippen molar-refractivity contribution in [2.75, 3.05) is 12.3 Å². The van der Waals surface area contributed by atoms with E-state index in [0.717, 1.165) is 0 Å². The van der Waals surface area contributed by atoms with Gasteiger partial charge in [0.2, 0.25) is 0 Å². The minimum Gasteiger partial charge on any atom is -0.222 e. The van der Waals surface area contributed by atoms with Crippen LogP contribution >= 0.6 is 15.8 Å². The van der Waals surface area contributed by atoms with Gasteiger partial charge in [0.05, 0.1) is 0 Å². The van der Waals surface area contributed by atoms with Gasteiger partial charge in [-0.2, -0.15) is 0 Å². The Morgan fingerprint density at radius 3 is 0.691 bits per heavy atom. The number of unbranched alkanes of at least 4 members (excludes halogenated alkanes) is 2. The molecule has 0 bridgehead atoms. The summed E-state index contributed by atoms with van der Waals surface area (Å²) in [5.41, 5.74) is 0. The van der Waals surface area contributed by atoms with Gasteiger partial charge in [0, 0.05) is 0 Å². The second-order valence-corrected chi connectivity index (χ2v) is 17.9. The van der Waals surface area contributed by atoms with E-state index in [1.165, 1.54) is 78.5 Å². The molecule has 18 heteroatoms. The molecule has 0 saturated carbocycles. The number of rotatable bonds is 10. The van der Waals surface area contributed by atoms with E-state index >= 15 is 0 Å². The van der Waals surface area contributed by atoms with Crippen molar-refractivity contribution in [1.82, 2.24) is 0 Å². The summed E-state index contributed by atoms with van der Waals surface area (Å²) in [6.07, 6.45) is 20.4. The molecule has 0 radical (unpaired) electrons. The van der Waals surface area contributed by atoms with E-state index in [0.29, 0.717) is 0 Å². The Balaban J connectivity index is 0.000000987. The Morgan fingerprint density at radius 1 is 0.327 bits per heavy atom. The van der Waals surface area contributed by atoms with Crippen molar-refractivity contribution in [3.8, 4) is 0 Å². The fourth-order valence-electron chi connectivity index (χ4n) is 4.82. The van der Waals surface area contributed by atoms with E-state index < -0.39 is 30.7 Å². The van der Waals surface area contributed by atoms with Crippen LogP contribution in [0.4, 0.5) is 0 Å². The molecule has 0 unspecified atom stereocenters. The molecule has 0 spiro atoms. The molecular weight excluding hydrogens is 908 g/mol. The molecule has 0 N–H and O–H groups in total. The molecule has 302 valence electrons. The smallest absolute Gasteiger partial charge is 0.222 e. The van der Waals surface area contributed by atoms with E-state index in [9.17, 15) is 0 Å². The first-order valence-corrected chi connectivity index (χ1v) is 23.1. The molecule has 5 rings (SSSR count). The molecule has 1 aliphatic carbocycles. The van der Waals surface area contributed by atoms with E-state index in [-0.39, 0.29) is 35.3 Å². The topological polar surface area (TPSA) is 277 Å². The van der Waals surface area contributed by atoms with Crippen molar-refractivity contribution in [1.29, 1.82) is 0 Å². The van der Waals surface area contributed by atoms with E-state index in [2.05, 4.69) is 146 Å². The Morgan fingerprint density at radius 2 is 0.509 bits per heavy atom. The molecule has 4 aromatic carbocycles. The van der Waals surface area contributed by atoms with Crippen molar-refractivity contribution < 1.29 is 106 Å². The monoisotopic (exact) mass is 948 g/mol. The average molecular weight is 950 g/mol. The molecule has 0 aromatic heterocycles. The summed E-state index contributed by atoms with van der Waals surface area (Å²) in [4.78, 5) is 0. The normalized spacial score (nSPS) is 13.1. The summed E-state index contributed by atoms with van der Waals surface area (Å²) in [7, 11) is -15.4. The van der Waals surface area contributed by atoms with Gasteiger partial charge in [-0.1, -0.05) is 152 Å². The first-order valence-electron chi connectivity index (χ1n) is 16.3. The fraction of sp³-hybridized carbons (Fsp3) is 0.243. The number of benzene rings is 4. The minimum absolute atomic E-state index is 0. The summed E-state index contributed by atoms with van der Waals surface area (Å²) in [6, 6.07) is 44.4. The van der Waals surface area contributed by atoms with Gasteiger partial charge in [-0.05, 0) is 87.9 Å². The molecule has 0 amide bonds. The summed E-state index contributed by atoms with van der Waals surface area (Å²) < 4.78 is 102. The van der Waals surface area contributed by atoms with E-state index in [1.54, 1.807) is 0 Å². The second kappa shape index (κ2) is 30.3. The SMILES string of the molecule is C1=CCC/C=C\CC1.[O-][Cl+3]([O-])([O-])[O-].[O-][Cl+3]([O-])([O-])[O-].[O-][Cl+3]([O-])([O-])[O-].[Rh+3].c1ccc(P(CCCCCP(c2ccccc2)c2ccccc2)c2ccccc2)cc1. The number of allylic oxidation sites excluding steroid dienone is 4. The summed E-state index contributed by atoms with van der Waals surface area (Å²) in [6.45, 7) is 0. The van der Waals surface area contributed by atoms with Crippen LogP contribution in [0.25, 0.3) is 0 Å². The zero-order valence-electron chi connectivity index (χ0n) is 29.5. The second-order valence-electron chi connectivity index (χ2n) is 10.9. The summed E-state index contributed by atoms with van der Waals surface area (Å²) in [5.74, 6) is 0. The maximum absolute atomic E-state index is 8.49. The maximum Gasteiger partial charge on any atom is 3.00 e. The van der Waals surface area contributed by atoms with Gasteiger partial charge in [0.25, 0.3) is 0 Å². The molecular formula is C37H42Cl3O12P2Rh. The number of hydrogen-bond acceptors (Lipinski definition) is 12. The van der Waals surface area contributed by atoms with Crippen LogP contribution in [0.5, 0.6) is 0 Å². The van der Waals surface area contributed by atoms with Gasteiger partial charge in [0.15, 0.2) is 0 Å². The van der Waals surface area contributed by atoms with Crippen molar-refractivity contribution in [2.45, 2.75) is 44.9 Å². The third kappa shape index (κ3) is 34.0. The minimum atomic E-state index is -4.94. The van der Waals surface area contributed by atoms with Crippen LogP contribution in [-0.4, -0.2) is 12.3 Å². The zero-order valence-corrected chi connectivity index (χ0v) is 35.2.